The Morgan fingerprint density at radius 1 is 1.35 bits per heavy atom. The van der Waals surface area contributed by atoms with Crippen LogP contribution in [-0.4, -0.2) is 47.5 Å². The number of halogens is 1. The van der Waals surface area contributed by atoms with Crippen molar-refractivity contribution in [3.63, 3.8) is 0 Å². The van der Waals surface area contributed by atoms with E-state index in [1.807, 2.05) is 13.8 Å². The van der Waals surface area contributed by atoms with Crippen LogP contribution in [0, 0.1) is 0 Å². The van der Waals surface area contributed by atoms with Gasteiger partial charge in [-0.1, -0.05) is 11.6 Å². The minimum atomic E-state index is 0.0761. The van der Waals surface area contributed by atoms with Gasteiger partial charge in [-0.25, -0.2) is 9.97 Å². The van der Waals surface area contributed by atoms with Crippen LogP contribution in [0.1, 0.15) is 13.8 Å². The maximum atomic E-state index is 11.9. The lowest BCUT2D eigenvalue weighted by atomic mass is 10.4. The van der Waals surface area contributed by atoms with Crippen molar-refractivity contribution in [3.05, 3.63) is 17.5 Å². The maximum Gasteiger partial charge on any atom is 0.242 e. The van der Waals surface area contributed by atoms with Crippen LogP contribution in [0.4, 0.5) is 5.82 Å². The van der Waals surface area contributed by atoms with Crippen LogP contribution in [0.3, 0.4) is 0 Å². The molecule has 1 aromatic heterocycles. The van der Waals surface area contributed by atoms with E-state index in [-0.39, 0.29) is 12.5 Å². The van der Waals surface area contributed by atoms with E-state index >= 15 is 0 Å². The Balaban J connectivity index is 2.66. The van der Waals surface area contributed by atoms with Crippen LogP contribution < -0.4 is 4.90 Å². The minimum Gasteiger partial charge on any atom is -0.350 e. The molecule has 0 bridgehead atoms. The number of hydrogen-bond donors (Lipinski definition) is 0. The minimum absolute atomic E-state index is 0.0761. The molecule has 17 heavy (non-hydrogen) atoms. The van der Waals surface area contributed by atoms with Gasteiger partial charge in [-0.05, 0) is 13.8 Å². The summed E-state index contributed by atoms with van der Waals surface area (Å²) in [5, 5.41) is 0.372. The molecule has 0 N–H and O–H groups in total. The van der Waals surface area contributed by atoms with E-state index in [4.69, 9.17) is 11.6 Å². The lowest BCUT2D eigenvalue weighted by Gasteiger charge is -2.23. The Labute approximate surface area is 106 Å². The van der Waals surface area contributed by atoms with E-state index in [1.54, 1.807) is 22.9 Å². The average Bonchev–Trinajstić information content (AvgIpc) is 2.30. The molecule has 0 spiro atoms. The molecule has 0 atom stereocenters. The molecule has 94 valence electrons. The molecule has 0 aliphatic carbocycles. The third-order valence-electron chi connectivity index (χ3n) is 2.50. The summed E-state index contributed by atoms with van der Waals surface area (Å²) in [5.74, 6) is 0.720. The van der Waals surface area contributed by atoms with E-state index in [0.29, 0.717) is 24.1 Å². The molecule has 0 aromatic carbocycles. The molecule has 0 aliphatic rings. The predicted octanol–water partition coefficient (Wildman–Crippen LogP) is 1.43. The Morgan fingerprint density at radius 3 is 2.53 bits per heavy atom. The van der Waals surface area contributed by atoms with Crippen LogP contribution in [0.25, 0.3) is 0 Å². The molecular weight excluding hydrogens is 240 g/mol. The number of amides is 1. The topological polar surface area (TPSA) is 49.3 Å². The first kappa shape index (κ1) is 13.7. The van der Waals surface area contributed by atoms with Crippen molar-refractivity contribution in [2.45, 2.75) is 13.8 Å². The lowest BCUT2D eigenvalue weighted by Crippen LogP contribution is -2.39. The summed E-state index contributed by atoms with van der Waals surface area (Å²) in [6, 6.07) is 1.64. The number of rotatable bonds is 5. The molecule has 1 heterocycles. The van der Waals surface area contributed by atoms with Crippen molar-refractivity contribution in [2.24, 2.45) is 0 Å². The first-order chi connectivity index (χ1) is 8.08. The third-order valence-corrected chi connectivity index (χ3v) is 2.71. The van der Waals surface area contributed by atoms with Crippen molar-refractivity contribution in [3.8, 4) is 0 Å². The average molecular weight is 257 g/mol. The quantitative estimate of drug-likeness (QED) is 0.748. The number of carbonyl (C=O) groups excluding carboxylic acids is 1. The van der Waals surface area contributed by atoms with Crippen LogP contribution in [0.5, 0.6) is 0 Å². The zero-order valence-electron chi connectivity index (χ0n) is 10.4. The zero-order valence-corrected chi connectivity index (χ0v) is 11.1. The van der Waals surface area contributed by atoms with Gasteiger partial charge in [-0.2, -0.15) is 0 Å². The highest BCUT2D eigenvalue weighted by Crippen LogP contribution is 2.12. The number of likely N-dealkylation sites (N-methyl/N-ethyl adjacent to an activating group) is 2. The molecule has 1 aromatic rings. The largest absolute Gasteiger partial charge is 0.350 e. The van der Waals surface area contributed by atoms with E-state index in [2.05, 4.69) is 9.97 Å². The highest BCUT2D eigenvalue weighted by molar-refractivity contribution is 6.29. The molecule has 0 saturated carbocycles. The van der Waals surface area contributed by atoms with Gasteiger partial charge < -0.3 is 9.80 Å². The van der Waals surface area contributed by atoms with E-state index in [0.717, 1.165) is 0 Å². The fourth-order valence-corrected chi connectivity index (χ4v) is 1.63. The van der Waals surface area contributed by atoms with Gasteiger partial charge in [-0.3, -0.25) is 4.79 Å². The summed E-state index contributed by atoms with van der Waals surface area (Å²) in [6.07, 6.45) is 1.38. The highest BCUT2D eigenvalue weighted by atomic mass is 35.5. The predicted molar refractivity (Wildman–Crippen MR) is 68.2 cm³/mol. The number of carbonyl (C=O) groups is 1. The fourth-order valence-electron chi connectivity index (χ4n) is 1.49. The molecule has 0 unspecified atom stereocenters. The second-order valence-electron chi connectivity index (χ2n) is 3.62. The molecule has 0 fully saturated rings. The van der Waals surface area contributed by atoms with Gasteiger partial charge in [0, 0.05) is 26.2 Å². The molecule has 0 radical (unpaired) electrons. The van der Waals surface area contributed by atoms with Gasteiger partial charge in [0.25, 0.3) is 0 Å². The number of aromatic nitrogens is 2. The summed E-state index contributed by atoms with van der Waals surface area (Å²) in [6.45, 7) is 5.64. The van der Waals surface area contributed by atoms with Crippen molar-refractivity contribution in [1.82, 2.24) is 14.9 Å². The molecule has 5 nitrogen and oxygen atoms in total. The van der Waals surface area contributed by atoms with Gasteiger partial charge in [0.2, 0.25) is 5.91 Å². The Hall–Kier alpha value is -1.36. The summed E-state index contributed by atoms with van der Waals surface area (Å²) >= 11 is 5.77. The van der Waals surface area contributed by atoms with Gasteiger partial charge in [-0.15, -0.1) is 0 Å². The highest BCUT2D eigenvalue weighted by Gasteiger charge is 2.13. The summed E-state index contributed by atoms with van der Waals surface area (Å²) in [5.41, 5.74) is 0. The number of anilines is 1. The van der Waals surface area contributed by atoms with Crippen molar-refractivity contribution in [2.75, 3.05) is 31.6 Å². The molecule has 0 aliphatic heterocycles. The number of hydrogen-bond acceptors (Lipinski definition) is 4. The Morgan fingerprint density at radius 2 is 2.00 bits per heavy atom. The van der Waals surface area contributed by atoms with Crippen molar-refractivity contribution < 1.29 is 4.79 Å². The maximum absolute atomic E-state index is 11.9. The molecule has 1 amide bonds. The van der Waals surface area contributed by atoms with Crippen LogP contribution >= 0.6 is 11.6 Å². The Kier molecular flexibility index (Phi) is 5.15. The first-order valence-corrected chi connectivity index (χ1v) is 5.92. The van der Waals surface area contributed by atoms with Gasteiger partial charge >= 0.3 is 0 Å². The molecule has 1 rings (SSSR count). The van der Waals surface area contributed by atoms with Gasteiger partial charge in [0.1, 0.15) is 17.3 Å². The van der Waals surface area contributed by atoms with E-state index in [1.165, 1.54) is 6.33 Å². The molecule has 6 heteroatoms. The van der Waals surface area contributed by atoms with Crippen LogP contribution in [0.2, 0.25) is 5.15 Å². The van der Waals surface area contributed by atoms with Crippen molar-refractivity contribution >= 4 is 23.3 Å². The summed E-state index contributed by atoms with van der Waals surface area (Å²) in [4.78, 5) is 23.3. The second-order valence-corrected chi connectivity index (χ2v) is 4.01. The normalized spacial score (nSPS) is 10.1. The van der Waals surface area contributed by atoms with E-state index in [9.17, 15) is 4.79 Å². The number of nitrogens with zero attached hydrogens (tertiary/aromatic N) is 4. The summed E-state index contributed by atoms with van der Waals surface area (Å²) < 4.78 is 0. The smallest absolute Gasteiger partial charge is 0.242 e. The lowest BCUT2D eigenvalue weighted by molar-refractivity contribution is -0.129. The molecule has 0 saturated heterocycles. The third kappa shape index (κ3) is 3.85. The van der Waals surface area contributed by atoms with E-state index < -0.39 is 0 Å². The van der Waals surface area contributed by atoms with Crippen LogP contribution in [0.15, 0.2) is 12.4 Å². The monoisotopic (exact) mass is 256 g/mol. The SMILES string of the molecule is CCN(CC)C(=O)CN(C)c1cc(Cl)ncn1. The van der Waals surface area contributed by atoms with Crippen molar-refractivity contribution in [1.29, 1.82) is 0 Å². The van der Waals surface area contributed by atoms with Gasteiger partial charge in [0.05, 0.1) is 6.54 Å². The standard InChI is InChI=1S/C11H17ClN4O/c1-4-16(5-2)11(17)7-15(3)10-6-9(12)13-8-14-10/h6,8H,4-5,7H2,1-3H3. The first-order valence-electron chi connectivity index (χ1n) is 5.54. The zero-order chi connectivity index (χ0) is 12.8. The second kappa shape index (κ2) is 6.39. The fraction of sp³-hybridized carbons (Fsp3) is 0.545. The van der Waals surface area contributed by atoms with Gasteiger partial charge in [0.15, 0.2) is 0 Å². The molecular formula is C11H17ClN4O. The van der Waals surface area contributed by atoms with Crippen LogP contribution in [-0.2, 0) is 4.79 Å². The summed E-state index contributed by atoms with van der Waals surface area (Å²) in [7, 11) is 1.81. The Bertz CT molecular complexity index is 381.